The first-order valence-corrected chi connectivity index (χ1v) is 58.7. The minimum Gasteiger partial charge on any atom is -0.356 e. The van der Waals surface area contributed by atoms with Gasteiger partial charge in [-0.25, -0.2) is 0 Å². The monoisotopic (exact) mass is 1960 g/mol. The Balaban J connectivity index is 0.000000123. The van der Waals surface area contributed by atoms with Crippen LogP contribution in [0.3, 0.4) is 0 Å². The summed E-state index contributed by atoms with van der Waals surface area (Å²) in [5, 5.41) is 42.9. The summed E-state index contributed by atoms with van der Waals surface area (Å²) in [6.45, 7) is 0. The minimum absolute atomic E-state index is 0.627. The van der Waals surface area contributed by atoms with Crippen LogP contribution in [-0.2, 0) is 38.0 Å². The van der Waals surface area contributed by atoms with E-state index < -0.39 is 48.1 Å². The molecule has 0 radical (unpaired) electrons. The summed E-state index contributed by atoms with van der Waals surface area (Å²) >= 11 is 0. The smallest absolute Gasteiger partial charge is 0.0522 e. The van der Waals surface area contributed by atoms with E-state index in [4.69, 9.17) is 0 Å². The predicted molar refractivity (Wildman–Crippen MR) is 635 cm³/mol. The third kappa shape index (κ3) is 21.4. The molecule has 0 unspecified atom stereocenters. The Morgan fingerprint density at radius 2 is 0.340 bits per heavy atom. The van der Waals surface area contributed by atoms with Crippen LogP contribution in [0.15, 0.2) is 534 Å². The van der Waals surface area contributed by atoms with Gasteiger partial charge in [0.1, 0.15) is 0 Å². The van der Waals surface area contributed by atoms with Gasteiger partial charge in [0.25, 0.3) is 0 Å². The first-order chi connectivity index (χ1) is 71.5. The van der Waals surface area contributed by atoms with Crippen molar-refractivity contribution >= 4 is 178 Å². The van der Waals surface area contributed by atoms with Gasteiger partial charge in [-0.15, -0.1) is 0 Å². The van der Waals surface area contributed by atoms with Crippen molar-refractivity contribution in [1.29, 1.82) is 0 Å². The van der Waals surface area contributed by atoms with Crippen molar-refractivity contribution in [3.05, 3.63) is 567 Å². The lowest BCUT2D eigenvalue weighted by Crippen LogP contribution is -2.19. The van der Waals surface area contributed by atoms with Crippen LogP contribution >= 0.6 is 48.1 Å². The normalized spacial score (nSPS) is 12.2. The van der Waals surface area contributed by atoms with Crippen LogP contribution in [0.1, 0.15) is 59.1 Å². The summed E-state index contributed by atoms with van der Waals surface area (Å²) in [6.07, 6.45) is 11.5. The molecule has 4 nitrogen and oxygen atoms in total. The molecule has 0 saturated heterocycles. The number of aryl methyl sites for hydroxylation is 2. The highest BCUT2D eigenvalue weighted by molar-refractivity contribution is 7.76. The van der Waals surface area contributed by atoms with Gasteiger partial charge in [-0.1, -0.05) is 510 Å². The van der Waals surface area contributed by atoms with Crippen molar-refractivity contribution in [1.82, 2.24) is 0 Å². The van der Waals surface area contributed by atoms with Gasteiger partial charge in [0.2, 0.25) is 0 Å². The average Bonchev–Trinajstić information content (AvgIpc) is 0.752. The van der Waals surface area contributed by atoms with Gasteiger partial charge in [0, 0.05) is 99.8 Å². The Labute approximate surface area is 855 Å². The minimum atomic E-state index is -0.897. The molecule has 10 heteroatoms. The van der Waals surface area contributed by atoms with E-state index in [-0.39, 0.29) is 0 Å². The van der Waals surface area contributed by atoms with Crippen LogP contribution in [0.5, 0.6) is 0 Å². The van der Waals surface area contributed by atoms with E-state index >= 15 is 0 Å². The zero-order valence-corrected chi connectivity index (χ0v) is 85.9. The van der Waals surface area contributed by atoms with Crippen molar-refractivity contribution in [2.24, 2.45) is 0 Å². The topological polar surface area (TPSA) is 48.1 Å². The number of hydrogen-bond donors (Lipinski definition) is 4. The Morgan fingerprint density at radius 3 is 0.583 bits per heavy atom. The maximum absolute atomic E-state index is 4.22. The summed E-state index contributed by atoms with van der Waals surface area (Å²) in [6, 6.07) is 196. The van der Waals surface area contributed by atoms with E-state index in [1.807, 2.05) is 0 Å². The molecular weight excluding hydrogens is 1850 g/mol. The van der Waals surface area contributed by atoms with Crippen molar-refractivity contribution in [2.45, 2.75) is 63.7 Å². The fourth-order valence-corrected chi connectivity index (χ4v) is 33.2. The number of hydrogen-bond acceptors (Lipinski definition) is 4. The molecule has 0 saturated carbocycles. The molecular formula is C134H112N4P6. The van der Waals surface area contributed by atoms with Gasteiger partial charge in [0.15, 0.2) is 0 Å². The molecule has 0 amide bonds. The van der Waals surface area contributed by atoms with Gasteiger partial charge in [-0.05, 0) is 200 Å². The Morgan fingerprint density at radius 1 is 0.153 bits per heavy atom. The molecule has 22 aromatic carbocycles. The summed E-state index contributed by atoms with van der Waals surface area (Å²) in [7, 11) is -4.69. The Kier molecular flexibility index (Phi) is 30.2. The molecule has 0 spiro atoms. The van der Waals surface area contributed by atoms with E-state index in [9.17, 15) is 0 Å². The highest BCUT2D eigenvalue weighted by Crippen LogP contribution is 2.55. The highest BCUT2D eigenvalue weighted by atomic mass is 31.1. The summed E-state index contributed by atoms with van der Waals surface area (Å²) in [5.74, 6) is 0. The van der Waals surface area contributed by atoms with Crippen molar-refractivity contribution in [3.8, 4) is 33.4 Å². The van der Waals surface area contributed by atoms with Crippen LogP contribution in [0.4, 0.5) is 22.7 Å². The third-order valence-corrected chi connectivity index (χ3v) is 41.1. The molecule has 0 atom stereocenters. The van der Waals surface area contributed by atoms with Gasteiger partial charge in [-0.2, -0.15) is 0 Å². The zero-order chi connectivity index (χ0) is 96.4. The molecule has 0 fully saturated rings. The first-order valence-electron chi connectivity index (χ1n) is 50.3. The summed E-state index contributed by atoms with van der Waals surface area (Å²) in [4.78, 5) is 0. The molecule has 0 bridgehead atoms. The first kappa shape index (κ1) is 94.6. The summed E-state index contributed by atoms with van der Waals surface area (Å²) < 4.78 is 0. The molecule has 144 heavy (non-hydrogen) atoms. The second kappa shape index (κ2) is 45.9. The number of nitrogens with one attached hydrogen (secondary N) is 4. The van der Waals surface area contributed by atoms with E-state index in [0.29, 0.717) is 0 Å². The number of anilines is 4. The Hall–Kier alpha value is -14.3. The quantitative estimate of drug-likeness (QED) is 0.0388. The lowest BCUT2D eigenvalue weighted by atomic mass is 9.79. The Bertz CT molecular complexity index is 7020. The van der Waals surface area contributed by atoms with E-state index in [0.717, 1.165) is 49.4 Å². The molecule has 0 heterocycles. The second-order valence-corrected chi connectivity index (χ2v) is 48.8. The van der Waals surface area contributed by atoms with E-state index in [1.54, 1.807) is 11.1 Å². The fraction of sp³-hybridized carbons (Fsp3) is 0.0746. The fourth-order valence-electron chi connectivity index (χ4n) is 20.8. The third-order valence-electron chi connectivity index (χ3n) is 27.7. The molecule has 698 valence electrons. The second-order valence-electron chi connectivity index (χ2n) is 36.7. The SMILES string of the molecule is c1ccc(P(Cc2ccc3ccccc3c2-c2c(CP(c3ccccc3)c3ccccc3)ccc3ccccc23)c2ccccc2)cc1.c1ccc(P(Nc2ccc3c(c2-c2c(NP(c4ccccc4)c4ccccc4)ccc4c2CCCC4)CCCC3)c2ccccc2)cc1.c1ccc(P(Nc2ccc3ccccc3c2-c2c(NP(c3ccccc3)c3ccccc3)ccc3ccccc23)c2ccccc2)cc1. The average molecular weight is 1960 g/mol. The van der Waals surface area contributed by atoms with Crippen LogP contribution in [0.2, 0.25) is 0 Å². The molecule has 0 aromatic heterocycles. The maximum atomic E-state index is 4.22. The number of benzene rings is 22. The van der Waals surface area contributed by atoms with E-state index in [2.05, 4.69) is 554 Å². The van der Waals surface area contributed by atoms with Crippen LogP contribution in [-0.4, -0.2) is 0 Å². The van der Waals surface area contributed by atoms with Crippen LogP contribution in [0.25, 0.3) is 76.5 Å². The maximum Gasteiger partial charge on any atom is 0.0522 e. The molecule has 0 aliphatic heterocycles. The molecule has 4 N–H and O–H groups in total. The van der Waals surface area contributed by atoms with Gasteiger partial charge in [0.05, 0.1) is 32.3 Å². The summed E-state index contributed by atoms with van der Waals surface area (Å²) in [5.41, 5.74) is 21.8. The van der Waals surface area contributed by atoms with Crippen LogP contribution in [0, 0.1) is 0 Å². The van der Waals surface area contributed by atoms with Crippen molar-refractivity contribution in [2.75, 3.05) is 20.3 Å². The van der Waals surface area contributed by atoms with Gasteiger partial charge >= 0.3 is 0 Å². The molecule has 2 aliphatic rings. The lowest BCUT2D eigenvalue weighted by Gasteiger charge is -2.31. The number of rotatable bonds is 27. The van der Waals surface area contributed by atoms with Gasteiger partial charge in [-0.3, -0.25) is 0 Å². The zero-order valence-electron chi connectivity index (χ0n) is 80.6. The molecule has 2 aliphatic carbocycles. The molecule has 24 rings (SSSR count). The lowest BCUT2D eigenvalue weighted by molar-refractivity contribution is 0.682. The van der Waals surface area contributed by atoms with Gasteiger partial charge < -0.3 is 20.3 Å². The van der Waals surface area contributed by atoms with Crippen molar-refractivity contribution < 1.29 is 0 Å². The predicted octanol–water partition coefficient (Wildman–Crippen LogP) is 31.5. The van der Waals surface area contributed by atoms with Crippen LogP contribution < -0.4 is 84.0 Å². The largest absolute Gasteiger partial charge is 0.356 e. The highest BCUT2D eigenvalue weighted by Gasteiger charge is 2.32. The number of fused-ring (bicyclic) bond motifs is 6. The van der Waals surface area contributed by atoms with Crippen molar-refractivity contribution in [3.63, 3.8) is 0 Å². The standard InChI is InChI=1S/C46H36P2.C44H42N2P2.C44H34N2P2/c1-5-19-39(20-6-1)47(40-21-7-2-8-22-40)33-37-31-29-35-17-13-15-27-43(35)45(37)46-38(32-30-36-18-14-16-28-44(36)46)34-48(41-23-9-3-10-24-41)42-25-11-4-12-26-42;2*1-5-19-35(20-6-1)47(36-21-7-2-8-22-36)45-41-31-29-33-17-13-15-27-39(33)43(41)44-40-28-16-14-18-34(40)30-32-42(44)46-48(37-23-9-3-10-24-37)38-25-11-4-12-26-38/h1-32H,33-34H2;1-12,19-26,29-32,45-46H,13-18,27-28H2;1-32,45-46H. The molecule has 22 aromatic rings. The van der Waals surface area contributed by atoms with E-state index in [1.165, 1.54) is 199 Å².